The Bertz CT molecular complexity index is 1040. The van der Waals surface area contributed by atoms with Crippen LogP contribution in [0.2, 0.25) is 0 Å². The number of thioether (sulfide) groups is 1. The quantitative estimate of drug-likeness (QED) is 0.499. The number of carbonyl (C=O) groups is 1. The Labute approximate surface area is 160 Å². The van der Waals surface area contributed by atoms with Crippen LogP contribution in [-0.4, -0.2) is 23.8 Å². The van der Waals surface area contributed by atoms with Gasteiger partial charge in [0.05, 0.1) is 30.3 Å². The molecule has 1 aromatic heterocycles. The van der Waals surface area contributed by atoms with Crippen molar-refractivity contribution < 1.29 is 9.53 Å². The van der Waals surface area contributed by atoms with Gasteiger partial charge in [-0.05, 0) is 42.2 Å². The molecular weight excluding hydrogens is 364 g/mol. The summed E-state index contributed by atoms with van der Waals surface area (Å²) in [6.07, 6.45) is 7.78. The van der Waals surface area contributed by atoms with Gasteiger partial charge in [-0.1, -0.05) is 29.4 Å². The van der Waals surface area contributed by atoms with Crippen molar-refractivity contribution >= 4 is 39.2 Å². The third-order valence-corrected chi connectivity index (χ3v) is 5.64. The highest BCUT2D eigenvalue weighted by Gasteiger charge is 2.09. The van der Waals surface area contributed by atoms with Crippen molar-refractivity contribution in [1.82, 2.24) is 4.57 Å². The maximum Gasteiger partial charge on any atom is 0.252 e. The summed E-state index contributed by atoms with van der Waals surface area (Å²) in [4.78, 5) is 18.6. The van der Waals surface area contributed by atoms with Crippen molar-refractivity contribution in [3.8, 4) is 18.1 Å². The molecule has 0 bridgehead atoms. The minimum absolute atomic E-state index is 0.197. The van der Waals surface area contributed by atoms with Crippen molar-refractivity contribution in [1.29, 1.82) is 0 Å². The van der Waals surface area contributed by atoms with Crippen LogP contribution in [0.5, 0.6) is 5.75 Å². The molecule has 0 aliphatic heterocycles. The number of benzene rings is 2. The molecule has 1 amide bonds. The summed E-state index contributed by atoms with van der Waals surface area (Å²) in [5.74, 6) is 3.21. The van der Waals surface area contributed by atoms with Gasteiger partial charge in [-0.25, -0.2) is 0 Å². The topological polar surface area (TPSA) is 43.6 Å². The predicted molar refractivity (Wildman–Crippen MR) is 108 cm³/mol. The highest BCUT2D eigenvalue weighted by atomic mass is 32.2. The van der Waals surface area contributed by atoms with Crippen LogP contribution in [0.1, 0.15) is 5.56 Å². The van der Waals surface area contributed by atoms with Crippen molar-refractivity contribution in [2.45, 2.75) is 17.9 Å². The first-order valence-corrected chi connectivity index (χ1v) is 10.00. The number of fused-ring (bicyclic) bond motifs is 1. The van der Waals surface area contributed by atoms with Crippen LogP contribution >= 0.6 is 23.1 Å². The summed E-state index contributed by atoms with van der Waals surface area (Å²) in [6.45, 7) is 0.382. The van der Waals surface area contributed by atoms with Gasteiger partial charge in [-0.2, -0.15) is 4.99 Å². The zero-order chi connectivity index (χ0) is 18.5. The lowest BCUT2D eigenvalue weighted by molar-refractivity contribution is -0.117. The number of carbonyl (C=O) groups excluding carboxylic acids is 1. The summed E-state index contributed by atoms with van der Waals surface area (Å²) >= 11 is 3.16. The number of aromatic nitrogens is 1. The Morgan fingerprint density at radius 2 is 2.08 bits per heavy atom. The van der Waals surface area contributed by atoms with Gasteiger partial charge in [0.1, 0.15) is 5.75 Å². The second-order valence-electron chi connectivity index (χ2n) is 5.54. The molecule has 0 unspecified atom stereocenters. The summed E-state index contributed by atoms with van der Waals surface area (Å²) in [5, 5.41) is 0. The van der Waals surface area contributed by atoms with Crippen LogP contribution < -0.4 is 9.54 Å². The largest absolute Gasteiger partial charge is 0.497 e. The second kappa shape index (κ2) is 8.26. The predicted octanol–water partition coefficient (Wildman–Crippen LogP) is 3.74. The van der Waals surface area contributed by atoms with Crippen LogP contribution in [0, 0.1) is 12.3 Å². The number of amides is 1. The molecule has 0 spiro atoms. The molecule has 6 heteroatoms. The van der Waals surface area contributed by atoms with E-state index in [9.17, 15) is 4.79 Å². The normalized spacial score (nSPS) is 11.5. The summed E-state index contributed by atoms with van der Waals surface area (Å²) in [6, 6.07) is 13.6. The van der Waals surface area contributed by atoms with Gasteiger partial charge in [0.2, 0.25) is 0 Å². The molecule has 3 rings (SSSR count). The maximum atomic E-state index is 12.4. The molecule has 3 aromatic rings. The van der Waals surface area contributed by atoms with Gasteiger partial charge < -0.3 is 9.30 Å². The molecule has 4 nitrogen and oxygen atoms in total. The van der Waals surface area contributed by atoms with Gasteiger partial charge in [0, 0.05) is 4.90 Å². The molecule has 0 aliphatic rings. The molecule has 0 radical (unpaired) electrons. The number of hydrogen-bond acceptors (Lipinski definition) is 4. The fourth-order valence-corrected chi connectivity index (χ4v) is 4.17. The summed E-state index contributed by atoms with van der Waals surface area (Å²) in [7, 11) is 1.61. The van der Waals surface area contributed by atoms with Crippen molar-refractivity contribution in [3.05, 3.63) is 52.8 Å². The van der Waals surface area contributed by atoms with E-state index in [2.05, 4.69) is 23.0 Å². The van der Waals surface area contributed by atoms with Gasteiger partial charge in [-0.15, -0.1) is 18.2 Å². The van der Waals surface area contributed by atoms with E-state index >= 15 is 0 Å². The van der Waals surface area contributed by atoms with E-state index in [1.165, 1.54) is 16.2 Å². The fraction of sp³-hybridized carbons (Fsp3) is 0.200. The first-order valence-electron chi connectivity index (χ1n) is 7.96. The van der Waals surface area contributed by atoms with E-state index in [0.29, 0.717) is 11.3 Å². The van der Waals surface area contributed by atoms with Crippen molar-refractivity contribution in [3.63, 3.8) is 0 Å². The van der Waals surface area contributed by atoms with E-state index in [4.69, 9.17) is 11.2 Å². The number of nitrogens with zero attached hydrogens (tertiary/aromatic N) is 2. The van der Waals surface area contributed by atoms with Crippen molar-refractivity contribution in [2.75, 3.05) is 13.4 Å². The Morgan fingerprint density at radius 3 is 2.73 bits per heavy atom. The van der Waals surface area contributed by atoms with Crippen LogP contribution in [-0.2, 0) is 17.8 Å². The molecule has 0 saturated heterocycles. The Morgan fingerprint density at radius 1 is 1.31 bits per heavy atom. The SMILES string of the molecule is C#CCn1c(=NC(=O)Cc2ccc(OC)cc2)sc2cc(SC)ccc21. The lowest BCUT2D eigenvalue weighted by atomic mass is 10.1. The van der Waals surface area contributed by atoms with E-state index in [-0.39, 0.29) is 12.3 Å². The van der Waals surface area contributed by atoms with Gasteiger partial charge in [0.25, 0.3) is 5.91 Å². The summed E-state index contributed by atoms with van der Waals surface area (Å²) in [5.41, 5.74) is 1.90. The zero-order valence-corrected chi connectivity index (χ0v) is 16.2. The zero-order valence-electron chi connectivity index (χ0n) is 14.6. The molecule has 0 saturated carbocycles. The molecule has 2 aromatic carbocycles. The molecule has 0 aliphatic carbocycles. The molecular formula is C20H18N2O2S2. The Balaban J connectivity index is 1.95. The maximum absolute atomic E-state index is 12.4. The average Bonchev–Trinajstić information content (AvgIpc) is 2.98. The van der Waals surface area contributed by atoms with Crippen LogP contribution in [0.25, 0.3) is 10.2 Å². The molecule has 1 heterocycles. The summed E-state index contributed by atoms with van der Waals surface area (Å²) < 4.78 is 8.12. The molecule has 0 atom stereocenters. The first kappa shape index (κ1) is 18.3. The van der Waals surface area contributed by atoms with Crippen molar-refractivity contribution in [2.24, 2.45) is 4.99 Å². The second-order valence-corrected chi connectivity index (χ2v) is 7.43. The van der Waals surface area contributed by atoms with Crippen LogP contribution in [0.3, 0.4) is 0 Å². The standard InChI is InChI=1S/C20H18N2O2S2/c1-4-11-22-17-10-9-16(25-3)13-18(17)26-20(22)21-19(23)12-14-5-7-15(24-2)8-6-14/h1,5-10,13H,11-12H2,2-3H3. The lowest BCUT2D eigenvalue weighted by Crippen LogP contribution is -2.17. The smallest absolute Gasteiger partial charge is 0.252 e. The molecule has 26 heavy (non-hydrogen) atoms. The molecule has 0 N–H and O–H groups in total. The third kappa shape index (κ3) is 4.01. The van der Waals surface area contributed by atoms with E-state index in [1.54, 1.807) is 18.9 Å². The monoisotopic (exact) mass is 382 g/mol. The number of ether oxygens (including phenoxy) is 1. The van der Waals surface area contributed by atoms with Gasteiger partial charge >= 0.3 is 0 Å². The minimum atomic E-state index is -0.197. The third-order valence-electron chi connectivity index (χ3n) is 3.87. The fourth-order valence-electron chi connectivity index (χ4n) is 2.57. The number of terminal acetylenes is 1. The lowest BCUT2D eigenvalue weighted by Gasteiger charge is -2.02. The molecule has 132 valence electrons. The highest BCUT2D eigenvalue weighted by Crippen LogP contribution is 2.24. The Kier molecular flexibility index (Phi) is 5.82. The molecule has 0 fully saturated rings. The first-order chi connectivity index (χ1) is 12.6. The highest BCUT2D eigenvalue weighted by molar-refractivity contribution is 7.98. The number of rotatable bonds is 5. The number of thiazole rings is 1. The van der Waals surface area contributed by atoms with E-state index < -0.39 is 0 Å². The minimum Gasteiger partial charge on any atom is -0.497 e. The van der Waals surface area contributed by atoms with Crippen LogP contribution in [0.4, 0.5) is 0 Å². The van der Waals surface area contributed by atoms with E-state index in [0.717, 1.165) is 21.5 Å². The van der Waals surface area contributed by atoms with Gasteiger partial charge in [0.15, 0.2) is 4.80 Å². The Hall–Kier alpha value is -2.49. The van der Waals surface area contributed by atoms with E-state index in [1.807, 2.05) is 41.2 Å². The number of methoxy groups -OCH3 is 1. The van der Waals surface area contributed by atoms with Gasteiger partial charge in [-0.3, -0.25) is 4.79 Å². The van der Waals surface area contributed by atoms with Crippen LogP contribution in [0.15, 0.2) is 52.4 Å². The number of hydrogen-bond donors (Lipinski definition) is 0. The average molecular weight is 383 g/mol.